The number of benzene rings is 1. The van der Waals surface area contributed by atoms with E-state index in [0.29, 0.717) is 0 Å². The van der Waals surface area contributed by atoms with Crippen molar-refractivity contribution in [1.29, 1.82) is 0 Å². The molecule has 1 heterocycles. The summed E-state index contributed by atoms with van der Waals surface area (Å²) in [6.07, 6.45) is 3.04. The summed E-state index contributed by atoms with van der Waals surface area (Å²) in [5.74, 6) is 0.944. The first-order chi connectivity index (χ1) is 8.22. The van der Waals surface area contributed by atoms with E-state index in [1.54, 1.807) is 0 Å². The lowest BCUT2D eigenvalue weighted by molar-refractivity contribution is 0.0936. The average Bonchev–Trinajstić information content (AvgIpc) is 2.96. The molecule has 1 saturated carbocycles. The molecule has 1 aromatic carbocycles. The van der Waals surface area contributed by atoms with Crippen molar-refractivity contribution < 1.29 is 9.53 Å². The van der Waals surface area contributed by atoms with Gasteiger partial charge in [0.2, 0.25) is 0 Å². The minimum absolute atomic E-state index is 0.00655. The molecule has 1 aliphatic carbocycles. The molecule has 0 atom stereocenters. The Morgan fingerprint density at radius 1 is 1.47 bits per heavy atom. The molecular formula is C13H14BrNO2. The van der Waals surface area contributed by atoms with Gasteiger partial charge in [-0.25, -0.2) is 0 Å². The Kier molecular flexibility index (Phi) is 2.62. The number of carbonyl (C=O) groups is 1. The number of rotatable bonds is 3. The van der Waals surface area contributed by atoms with Crippen LogP contribution in [0, 0.1) is 0 Å². The number of ether oxygens (including phenoxy) is 1. The van der Waals surface area contributed by atoms with Gasteiger partial charge in [0.25, 0.3) is 5.91 Å². The van der Waals surface area contributed by atoms with E-state index in [-0.39, 0.29) is 11.4 Å². The van der Waals surface area contributed by atoms with E-state index in [1.165, 1.54) is 0 Å². The van der Waals surface area contributed by atoms with Crippen LogP contribution in [-0.2, 0) is 6.42 Å². The van der Waals surface area contributed by atoms with E-state index in [4.69, 9.17) is 4.74 Å². The summed E-state index contributed by atoms with van der Waals surface area (Å²) in [5.41, 5.74) is 1.88. The summed E-state index contributed by atoms with van der Waals surface area (Å²) in [5, 5.41) is 3.93. The predicted octanol–water partition coefficient (Wildman–Crippen LogP) is 2.28. The Balaban J connectivity index is 1.78. The summed E-state index contributed by atoms with van der Waals surface area (Å²) in [4.78, 5) is 12.1. The summed E-state index contributed by atoms with van der Waals surface area (Å²) < 4.78 is 5.43. The largest absolute Gasteiger partial charge is 0.493 e. The van der Waals surface area contributed by atoms with Gasteiger partial charge in [-0.1, -0.05) is 15.9 Å². The van der Waals surface area contributed by atoms with Crippen LogP contribution in [0.3, 0.4) is 0 Å². The number of alkyl halides is 1. The van der Waals surface area contributed by atoms with Crippen LogP contribution in [0.2, 0.25) is 0 Å². The molecule has 1 fully saturated rings. The van der Waals surface area contributed by atoms with E-state index in [0.717, 1.165) is 48.1 Å². The van der Waals surface area contributed by atoms with Crippen molar-refractivity contribution in [3.63, 3.8) is 0 Å². The van der Waals surface area contributed by atoms with Crippen LogP contribution in [0.4, 0.5) is 0 Å². The number of nitrogens with one attached hydrogen (secondary N) is 1. The Labute approximate surface area is 109 Å². The van der Waals surface area contributed by atoms with Gasteiger partial charge in [0.15, 0.2) is 0 Å². The number of fused-ring (bicyclic) bond motifs is 1. The second kappa shape index (κ2) is 4.02. The minimum Gasteiger partial charge on any atom is -0.493 e. The zero-order valence-corrected chi connectivity index (χ0v) is 11.0. The molecule has 1 aliphatic heterocycles. The monoisotopic (exact) mass is 295 g/mol. The maximum Gasteiger partial charge on any atom is 0.251 e. The Hall–Kier alpha value is -1.03. The third-order valence-electron chi connectivity index (χ3n) is 3.44. The van der Waals surface area contributed by atoms with E-state index >= 15 is 0 Å². The highest BCUT2D eigenvalue weighted by Gasteiger charge is 2.43. The fourth-order valence-corrected chi connectivity index (χ4v) is 2.78. The van der Waals surface area contributed by atoms with Crippen LogP contribution >= 0.6 is 15.9 Å². The van der Waals surface area contributed by atoms with Gasteiger partial charge < -0.3 is 10.1 Å². The molecule has 0 aromatic heterocycles. The second-order valence-corrected chi connectivity index (χ2v) is 5.35. The van der Waals surface area contributed by atoms with Crippen LogP contribution in [0.5, 0.6) is 5.75 Å². The van der Waals surface area contributed by atoms with Crippen molar-refractivity contribution in [1.82, 2.24) is 5.32 Å². The van der Waals surface area contributed by atoms with Crippen molar-refractivity contribution >= 4 is 21.8 Å². The first-order valence-electron chi connectivity index (χ1n) is 5.87. The van der Waals surface area contributed by atoms with Gasteiger partial charge in [-0.15, -0.1) is 0 Å². The number of halogens is 1. The van der Waals surface area contributed by atoms with Crippen molar-refractivity contribution in [3.8, 4) is 5.75 Å². The summed E-state index contributed by atoms with van der Waals surface area (Å²) in [7, 11) is 0. The van der Waals surface area contributed by atoms with Crippen molar-refractivity contribution in [3.05, 3.63) is 29.3 Å². The Morgan fingerprint density at radius 3 is 3.00 bits per heavy atom. The van der Waals surface area contributed by atoms with Crippen LogP contribution in [0.15, 0.2) is 18.2 Å². The standard InChI is InChI=1S/C13H14BrNO2/c14-8-13(4-5-13)15-12(16)10-1-2-11-9(7-10)3-6-17-11/h1-2,7H,3-6,8H2,(H,15,16). The zero-order valence-electron chi connectivity index (χ0n) is 9.46. The maximum absolute atomic E-state index is 12.1. The average molecular weight is 296 g/mol. The van der Waals surface area contributed by atoms with Crippen LogP contribution in [-0.4, -0.2) is 23.4 Å². The van der Waals surface area contributed by atoms with Crippen LogP contribution in [0.1, 0.15) is 28.8 Å². The smallest absolute Gasteiger partial charge is 0.251 e. The SMILES string of the molecule is O=C(NC1(CBr)CC1)c1ccc2c(c1)CCO2. The molecule has 2 aliphatic rings. The molecule has 0 spiro atoms. The molecule has 90 valence electrons. The molecule has 0 bridgehead atoms. The lowest BCUT2D eigenvalue weighted by atomic mass is 10.1. The molecule has 0 radical (unpaired) electrons. The molecule has 3 nitrogen and oxygen atoms in total. The highest BCUT2D eigenvalue weighted by atomic mass is 79.9. The number of carbonyl (C=O) groups excluding carboxylic acids is 1. The van der Waals surface area contributed by atoms with Gasteiger partial charge in [-0.05, 0) is 36.6 Å². The van der Waals surface area contributed by atoms with Gasteiger partial charge in [0, 0.05) is 17.3 Å². The second-order valence-electron chi connectivity index (χ2n) is 4.79. The van der Waals surface area contributed by atoms with Crippen molar-refractivity contribution in [2.24, 2.45) is 0 Å². The third-order valence-corrected chi connectivity index (χ3v) is 4.51. The van der Waals surface area contributed by atoms with Gasteiger partial charge in [0.1, 0.15) is 5.75 Å². The molecule has 17 heavy (non-hydrogen) atoms. The highest BCUT2D eigenvalue weighted by molar-refractivity contribution is 9.09. The summed E-state index contributed by atoms with van der Waals surface area (Å²) >= 11 is 3.45. The van der Waals surface area contributed by atoms with Crippen LogP contribution in [0.25, 0.3) is 0 Å². The zero-order chi connectivity index (χ0) is 11.9. The molecule has 1 amide bonds. The molecule has 3 rings (SSSR count). The number of amides is 1. The lowest BCUT2D eigenvalue weighted by Gasteiger charge is -2.14. The maximum atomic E-state index is 12.1. The fourth-order valence-electron chi connectivity index (χ4n) is 2.08. The van der Waals surface area contributed by atoms with Gasteiger partial charge >= 0.3 is 0 Å². The van der Waals surface area contributed by atoms with Gasteiger partial charge in [0.05, 0.1) is 12.1 Å². The van der Waals surface area contributed by atoms with Crippen molar-refractivity contribution in [2.45, 2.75) is 24.8 Å². The number of hydrogen-bond donors (Lipinski definition) is 1. The number of hydrogen-bond acceptors (Lipinski definition) is 2. The third kappa shape index (κ3) is 2.06. The first-order valence-corrected chi connectivity index (χ1v) is 6.99. The van der Waals surface area contributed by atoms with Crippen molar-refractivity contribution in [2.75, 3.05) is 11.9 Å². The van der Waals surface area contributed by atoms with Gasteiger partial charge in [-0.3, -0.25) is 4.79 Å². The molecule has 4 heteroatoms. The molecule has 0 unspecified atom stereocenters. The fraction of sp³-hybridized carbons (Fsp3) is 0.462. The minimum atomic E-state index is 0.00655. The Bertz CT molecular complexity index is 468. The van der Waals surface area contributed by atoms with E-state index in [9.17, 15) is 4.79 Å². The Morgan fingerprint density at radius 2 is 2.29 bits per heavy atom. The highest BCUT2D eigenvalue weighted by Crippen LogP contribution is 2.37. The molecule has 1 N–H and O–H groups in total. The summed E-state index contributed by atoms with van der Waals surface area (Å²) in [6.45, 7) is 0.728. The lowest BCUT2D eigenvalue weighted by Crippen LogP contribution is -2.38. The summed E-state index contributed by atoms with van der Waals surface area (Å²) in [6, 6.07) is 5.68. The molecular weight excluding hydrogens is 282 g/mol. The van der Waals surface area contributed by atoms with Crippen LogP contribution < -0.4 is 10.1 Å². The first kappa shape index (κ1) is 11.1. The quantitative estimate of drug-likeness (QED) is 0.869. The topological polar surface area (TPSA) is 38.3 Å². The normalized spacial score (nSPS) is 19.4. The van der Waals surface area contributed by atoms with E-state index in [2.05, 4.69) is 21.2 Å². The van der Waals surface area contributed by atoms with E-state index < -0.39 is 0 Å². The molecule has 0 saturated heterocycles. The predicted molar refractivity (Wildman–Crippen MR) is 68.9 cm³/mol. The van der Waals surface area contributed by atoms with E-state index in [1.807, 2.05) is 18.2 Å². The molecule has 1 aromatic rings. The van der Waals surface area contributed by atoms with Gasteiger partial charge in [-0.2, -0.15) is 0 Å².